The van der Waals surface area contributed by atoms with Crippen LogP contribution in [0.5, 0.6) is 0 Å². The molecule has 0 unspecified atom stereocenters. The molecule has 0 fully saturated rings. The number of carbonyl (C=O) groups is 1. The quantitative estimate of drug-likeness (QED) is 0.632. The van der Waals surface area contributed by atoms with Crippen molar-refractivity contribution in [3.8, 4) is 0 Å². The maximum atomic E-state index is 10.1. The van der Waals surface area contributed by atoms with Crippen LogP contribution in [-0.2, 0) is 11.2 Å². The molecule has 0 atom stereocenters. The van der Waals surface area contributed by atoms with E-state index in [2.05, 4.69) is 15.5 Å². The monoisotopic (exact) mass is 153 g/mol. The molecule has 2 N–H and O–H groups in total. The Morgan fingerprint density at radius 2 is 2.45 bits per heavy atom. The molecule has 4 nitrogen and oxygen atoms in total. The number of nitrogens with zero attached hydrogens (tertiary/aromatic N) is 1. The van der Waals surface area contributed by atoms with E-state index in [1.54, 1.807) is 0 Å². The van der Waals surface area contributed by atoms with Crippen molar-refractivity contribution in [2.75, 3.05) is 5.32 Å². The third kappa shape index (κ3) is 1.39. The zero-order valence-electron chi connectivity index (χ0n) is 6.64. The second-order valence-electron chi connectivity index (χ2n) is 2.29. The van der Waals surface area contributed by atoms with Gasteiger partial charge >= 0.3 is 0 Å². The van der Waals surface area contributed by atoms with Gasteiger partial charge in [-0.05, 0) is 13.3 Å². The van der Waals surface area contributed by atoms with E-state index < -0.39 is 0 Å². The smallest absolute Gasteiger partial charge is 0.212 e. The number of aryl methyl sites for hydroxylation is 1. The van der Waals surface area contributed by atoms with Crippen LogP contribution in [0.4, 0.5) is 5.82 Å². The number of hydrogen-bond donors (Lipinski definition) is 2. The van der Waals surface area contributed by atoms with Gasteiger partial charge in [0.25, 0.3) is 0 Å². The standard InChI is InChI=1S/C7H11N3O/c1-3-6-5(2)7(8-4-11)10-9-6/h4H,3H2,1-2H3,(H2,8,9,10,11). The van der Waals surface area contributed by atoms with Gasteiger partial charge in [-0.3, -0.25) is 9.89 Å². The molecular formula is C7H11N3O. The molecule has 0 radical (unpaired) electrons. The third-order valence-corrected chi connectivity index (χ3v) is 1.66. The van der Waals surface area contributed by atoms with Gasteiger partial charge in [0.05, 0.1) is 0 Å². The lowest BCUT2D eigenvalue weighted by atomic mass is 10.2. The highest BCUT2D eigenvalue weighted by atomic mass is 16.1. The van der Waals surface area contributed by atoms with E-state index in [0.29, 0.717) is 12.2 Å². The summed E-state index contributed by atoms with van der Waals surface area (Å²) < 4.78 is 0. The summed E-state index contributed by atoms with van der Waals surface area (Å²) in [6, 6.07) is 0. The second kappa shape index (κ2) is 3.18. The first-order valence-electron chi connectivity index (χ1n) is 3.53. The predicted octanol–water partition coefficient (Wildman–Crippen LogP) is 0.849. The lowest BCUT2D eigenvalue weighted by Crippen LogP contribution is -1.95. The van der Waals surface area contributed by atoms with Crippen LogP contribution in [-0.4, -0.2) is 16.6 Å². The van der Waals surface area contributed by atoms with Crippen LogP contribution >= 0.6 is 0 Å². The molecule has 1 heterocycles. The van der Waals surface area contributed by atoms with E-state index in [4.69, 9.17) is 0 Å². The number of anilines is 1. The first-order valence-corrected chi connectivity index (χ1v) is 3.53. The van der Waals surface area contributed by atoms with Crippen molar-refractivity contribution in [2.45, 2.75) is 20.3 Å². The van der Waals surface area contributed by atoms with Crippen LogP contribution in [0.2, 0.25) is 0 Å². The van der Waals surface area contributed by atoms with Gasteiger partial charge < -0.3 is 5.32 Å². The van der Waals surface area contributed by atoms with E-state index in [1.807, 2.05) is 13.8 Å². The maximum Gasteiger partial charge on any atom is 0.212 e. The van der Waals surface area contributed by atoms with E-state index in [1.165, 1.54) is 0 Å². The predicted molar refractivity (Wildman–Crippen MR) is 42.4 cm³/mol. The van der Waals surface area contributed by atoms with Crippen LogP contribution in [0.3, 0.4) is 0 Å². The first-order chi connectivity index (χ1) is 5.29. The Morgan fingerprint density at radius 3 is 2.91 bits per heavy atom. The molecule has 0 spiro atoms. The minimum absolute atomic E-state index is 0.622. The zero-order chi connectivity index (χ0) is 8.27. The van der Waals surface area contributed by atoms with Crippen molar-refractivity contribution in [3.05, 3.63) is 11.3 Å². The fourth-order valence-electron chi connectivity index (χ4n) is 0.975. The number of aromatic nitrogens is 2. The third-order valence-electron chi connectivity index (χ3n) is 1.66. The summed E-state index contributed by atoms with van der Waals surface area (Å²) >= 11 is 0. The van der Waals surface area contributed by atoms with Crippen LogP contribution in [0.25, 0.3) is 0 Å². The lowest BCUT2D eigenvalue weighted by Gasteiger charge is -1.93. The Balaban J connectivity index is 2.90. The summed E-state index contributed by atoms with van der Waals surface area (Å²) in [5.41, 5.74) is 2.08. The molecule has 0 aliphatic rings. The summed E-state index contributed by atoms with van der Waals surface area (Å²) in [7, 11) is 0. The van der Waals surface area contributed by atoms with E-state index in [-0.39, 0.29) is 0 Å². The Morgan fingerprint density at radius 1 is 1.73 bits per heavy atom. The Hall–Kier alpha value is -1.32. The van der Waals surface area contributed by atoms with Crippen molar-refractivity contribution in [3.63, 3.8) is 0 Å². The lowest BCUT2D eigenvalue weighted by molar-refractivity contribution is -0.105. The molecule has 1 amide bonds. The van der Waals surface area contributed by atoms with Crippen molar-refractivity contribution in [1.29, 1.82) is 0 Å². The van der Waals surface area contributed by atoms with E-state index in [0.717, 1.165) is 17.7 Å². The van der Waals surface area contributed by atoms with Crippen molar-refractivity contribution in [2.24, 2.45) is 0 Å². The summed E-state index contributed by atoms with van der Waals surface area (Å²) in [5, 5.41) is 9.25. The van der Waals surface area contributed by atoms with Crippen molar-refractivity contribution < 1.29 is 4.79 Å². The summed E-state index contributed by atoms with van der Waals surface area (Å²) in [6.45, 7) is 3.96. The summed E-state index contributed by atoms with van der Waals surface area (Å²) in [5.74, 6) is 0.622. The zero-order valence-corrected chi connectivity index (χ0v) is 6.64. The number of H-pyrrole nitrogens is 1. The molecule has 1 rings (SSSR count). The van der Waals surface area contributed by atoms with Gasteiger partial charge in [-0.15, -0.1) is 0 Å². The molecule has 1 aromatic rings. The van der Waals surface area contributed by atoms with Crippen molar-refractivity contribution >= 4 is 12.2 Å². The van der Waals surface area contributed by atoms with Gasteiger partial charge in [-0.1, -0.05) is 6.92 Å². The fraction of sp³-hybridized carbons (Fsp3) is 0.429. The number of aromatic amines is 1. The van der Waals surface area contributed by atoms with Gasteiger partial charge in [0, 0.05) is 11.3 Å². The highest BCUT2D eigenvalue weighted by Crippen LogP contribution is 2.13. The highest BCUT2D eigenvalue weighted by molar-refractivity contribution is 5.70. The van der Waals surface area contributed by atoms with Crippen LogP contribution in [0.1, 0.15) is 18.2 Å². The Bertz CT molecular complexity index is 254. The van der Waals surface area contributed by atoms with Crippen LogP contribution < -0.4 is 5.32 Å². The minimum atomic E-state index is 0.622. The number of amides is 1. The molecule has 0 bridgehead atoms. The second-order valence-corrected chi connectivity index (χ2v) is 2.29. The Labute approximate surface area is 65.0 Å². The largest absolute Gasteiger partial charge is 0.312 e. The van der Waals surface area contributed by atoms with Gasteiger partial charge in [0.15, 0.2) is 5.82 Å². The first kappa shape index (κ1) is 7.78. The molecular weight excluding hydrogens is 142 g/mol. The average molecular weight is 153 g/mol. The number of rotatable bonds is 3. The van der Waals surface area contributed by atoms with E-state index in [9.17, 15) is 4.79 Å². The number of carbonyl (C=O) groups excluding carboxylic acids is 1. The fourth-order valence-corrected chi connectivity index (χ4v) is 0.975. The van der Waals surface area contributed by atoms with Gasteiger partial charge in [-0.25, -0.2) is 0 Å². The molecule has 4 heteroatoms. The van der Waals surface area contributed by atoms with Gasteiger partial charge in [0.1, 0.15) is 0 Å². The van der Waals surface area contributed by atoms with Crippen LogP contribution in [0, 0.1) is 6.92 Å². The molecule has 0 saturated carbocycles. The van der Waals surface area contributed by atoms with Gasteiger partial charge in [-0.2, -0.15) is 5.10 Å². The molecule has 1 aromatic heterocycles. The summed E-state index contributed by atoms with van der Waals surface area (Å²) in [4.78, 5) is 10.1. The number of hydrogen-bond acceptors (Lipinski definition) is 2. The topological polar surface area (TPSA) is 57.8 Å². The summed E-state index contributed by atoms with van der Waals surface area (Å²) in [6.07, 6.45) is 1.53. The average Bonchev–Trinajstić information content (AvgIpc) is 2.34. The minimum Gasteiger partial charge on any atom is -0.312 e. The normalized spacial score (nSPS) is 9.64. The maximum absolute atomic E-state index is 10.1. The Kier molecular flexibility index (Phi) is 2.25. The molecule has 60 valence electrons. The van der Waals surface area contributed by atoms with Crippen molar-refractivity contribution in [1.82, 2.24) is 10.2 Å². The molecule has 11 heavy (non-hydrogen) atoms. The molecule has 0 aromatic carbocycles. The van der Waals surface area contributed by atoms with Crippen LogP contribution in [0.15, 0.2) is 0 Å². The molecule has 0 aliphatic heterocycles. The van der Waals surface area contributed by atoms with E-state index >= 15 is 0 Å². The number of nitrogens with one attached hydrogen (secondary N) is 2. The molecule has 0 aliphatic carbocycles. The molecule has 0 saturated heterocycles. The SMILES string of the molecule is CCc1[nH]nc(NC=O)c1C. The highest BCUT2D eigenvalue weighted by Gasteiger charge is 2.04. The van der Waals surface area contributed by atoms with Gasteiger partial charge in [0.2, 0.25) is 6.41 Å².